The number of amides is 5. The van der Waals surface area contributed by atoms with Crippen LogP contribution in [-0.2, 0) is 4.79 Å². The van der Waals surface area contributed by atoms with E-state index in [1.54, 1.807) is 48.5 Å². The molecule has 3 aromatic carbocycles. The molecule has 9 nitrogen and oxygen atoms in total. The van der Waals surface area contributed by atoms with Gasteiger partial charge in [0.05, 0.1) is 17.1 Å². The Morgan fingerprint density at radius 3 is 1.97 bits per heavy atom. The van der Waals surface area contributed by atoms with Gasteiger partial charge >= 0.3 is 12.1 Å². The highest BCUT2D eigenvalue weighted by Crippen LogP contribution is 2.38. The Balaban J connectivity index is 0.000000310. The van der Waals surface area contributed by atoms with E-state index in [1.165, 1.54) is 11.0 Å². The molecule has 0 aliphatic heterocycles. The lowest BCUT2D eigenvalue weighted by molar-refractivity contribution is -0.113. The number of urea groups is 2. The molecule has 0 saturated heterocycles. The first-order valence-corrected chi connectivity index (χ1v) is 11.1. The first-order valence-electron chi connectivity index (χ1n) is 9.56. The lowest BCUT2D eigenvalue weighted by Crippen LogP contribution is -2.31. The second-order valence-corrected chi connectivity index (χ2v) is 8.25. The number of nitrogens with zero attached hydrogens (tertiary/aromatic N) is 1. The maximum Gasteiger partial charge on any atom is 0.324 e. The van der Waals surface area contributed by atoms with Crippen molar-refractivity contribution in [2.24, 2.45) is 17.2 Å². The average Bonchev–Trinajstić information content (AvgIpc) is 2.77. The van der Waals surface area contributed by atoms with Crippen molar-refractivity contribution >= 4 is 73.0 Å². The van der Waals surface area contributed by atoms with Crippen LogP contribution in [0.5, 0.6) is 5.75 Å². The molecule has 0 spiro atoms. The zero-order valence-electron chi connectivity index (χ0n) is 17.6. The summed E-state index contributed by atoms with van der Waals surface area (Å²) < 4.78 is 1.45. The predicted octanol–water partition coefficient (Wildman–Crippen LogP) is 4.81. The summed E-state index contributed by atoms with van der Waals surface area (Å²) >= 11 is 6.60. The fourth-order valence-electron chi connectivity index (χ4n) is 2.73. The zero-order chi connectivity index (χ0) is 25.3. The lowest BCUT2D eigenvalue weighted by atomic mass is 10.1. The van der Waals surface area contributed by atoms with Gasteiger partial charge in [0.15, 0.2) is 0 Å². The summed E-state index contributed by atoms with van der Waals surface area (Å²) in [7, 11) is 0. The Bertz CT molecular complexity index is 1230. The van der Waals surface area contributed by atoms with Crippen LogP contribution in [0.2, 0.25) is 0 Å². The van der Waals surface area contributed by atoms with Crippen molar-refractivity contribution in [3.63, 3.8) is 0 Å². The van der Waals surface area contributed by atoms with Crippen molar-refractivity contribution in [1.29, 1.82) is 0 Å². The highest BCUT2D eigenvalue weighted by atomic mass is 79.9. The van der Waals surface area contributed by atoms with Gasteiger partial charge in [-0.3, -0.25) is 9.69 Å². The molecular formula is C23H21Br2N5O4. The summed E-state index contributed by atoms with van der Waals surface area (Å²) in [4.78, 5) is 34.3. The number of halogens is 2. The third-order valence-electron chi connectivity index (χ3n) is 4.16. The molecule has 176 valence electrons. The van der Waals surface area contributed by atoms with Crippen LogP contribution in [0.3, 0.4) is 0 Å². The van der Waals surface area contributed by atoms with Gasteiger partial charge in [-0.15, -0.1) is 0 Å². The van der Waals surface area contributed by atoms with Crippen LogP contribution in [0.25, 0.3) is 6.08 Å². The monoisotopic (exact) mass is 589 g/mol. The van der Waals surface area contributed by atoms with Crippen LogP contribution in [-0.4, -0.2) is 23.1 Å². The molecule has 34 heavy (non-hydrogen) atoms. The van der Waals surface area contributed by atoms with Gasteiger partial charge in [0.25, 0.3) is 0 Å². The second kappa shape index (κ2) is 12.4. The molecule has 0 unspecified atom stereocenters. The number of primary amides is 3. The van der Waals surface area contributed by atoms with Crippen LogP contribution in [0, 0.1) is 0 Å². The van der Waals surface area contributed by atoms with Crippen LogP contribution >= 0.6 is 31.9 Å². The molecule has 0 aliphatic rings. The van der Waals surface area contributed by atoms with E-state index in [0.29, 0.717) is 21.4 Å². The fraction of sp³-hybridized carbons (Fsp3) is 0. The van der Waals surface area contributed by atoms with Gasteiger partial charge in [0.2, 0.25) is 5.91 Å². The molecule has 0 aliphatic carbocycles. The van der Waals surface area contributed by atoms with Gasteiger partial charge in [-0.05, 0) is 68.3 Å². The molecule has 11 heteroatoms. The maximum atomic E-state index is 11.9. The highest BCUT2D eigenvalue weighted by Gasteiger charge is 2.21. The summed E-state index contributed by atoms with van der Waals surface area (Å²) in [5.41, 5.74) is 17.1. The minimum atomic E-state index is -0.761. The summed E-state index contributed by atoms with van der Waals surface area (Å²) in [5.74, 6) is -0.841. The zero-order valence-corrected chi connectivity index (χ0v) is 20.8. The van der Waals surface area contributed by atoms with E-state index in [-0.39, 0.29) is 11.4 Å². The molecule has 0 radical (unpaired) electrons. The summed E-state index contributed by atoms with van der Waals surface area (Å²) in [6.07, 6.45) is 2.48. The number of hydrogen-bond acceptors (Lipinski definition) is 4. The standard InChI is InChI=1S/C16H14BrN3O3.C7H7BrN2O/c17-11-5-1-2-6-12(11)20(16(19)23)13-7-3-4-10(15(13)22)8-9-14(18)21;8-5-3-1-2-4-6(5)10-7(9)11/h1-9,22H,(H2,18,21)(H2,19,23);1-4H,(H3,9,10,11). The number of benzene rings is 3. The molecule has 3 rings (SSSR count). The smallest absolute Gasteiger partial charge is 0.324 e. The number of rotatable bonds is 5. The van der Waals surface area contributed by atoms with Crippen LogP contribution < -0.4 is 27.4 Å². The Hall–Kier alpha value is -3.83. The van der Waals surface area contributed by atoms with Crippen molar-refractivity contribution in [3.8, 4) is 5.75 Å². The molecule has 0 fully saturated rings. The number of para-hydroxylation sites is 3. The number of aromatic hydroxyl groups is 1. The van der Waals surface area contributed by atoms with Crippen LogP contribution in [0.4, 0.5) is 26.7 Å². The Kier molecular flexibility index (Phi) is 9.65. The van der Waals surface area contributed by atoms with Crippen LogP contribution in [0.1, 0.15) is 5.56 Å². The molecule has 8 N–H and O–H groups in total. The Morgan fingerprint density at radius 1 is 0.824 bits per heavy atom. The number of nitrogens with one attached hydrogen (secondary N) is 1. The Labute approximate surface area is 212 Å². The molecule has 0 saturated carbocycles. The molecule has 0 heterocycles. The quantitative estimate of drug-likeness (QED) is 0.269. The van der Waals surface area contributed by atoms with Crippen molar-refractivity contribution in [3.05, 3.63) is 87.3 Å². The molecule has 0 bridgehead atoms. The van der Waals surface area contributed by atoms with Gasteiger partial charge in [-0.1, -0.05) is 36.4 Å². The van der Waals surface area contributed by atoms with Gasteiger partial charge in [-0.25, -0.2) is 9.59 Å². The maximum absolute atomic E-state index is 11.9. The number of hydrogen-bond donors (Lipinski definition) is 5. The highest BCUT2D eigenvalue weighted by molar-refractivity contribution is 9.11. The van der Waals surface area contributed by atoms with Gasteiger partial charge in [0, 0.05) is 20.6 Å². The number of phenols is 1. The third kappa shape index (κ3) is 7.36. The largest absolute Gasteiger partial charge is 0.505 e. The molecule has 0 atom stereocenters. The number of carbonyl (C=O) groups excluding carboxylic acids is 3. The molecule has 0 aromatic heterocycles. The summed E-state index contributed by atoms with van der Waals surface area (Å²) in [6.45, 7) is 0. The van der Waals surface area contributed by atoms with Gasteiger partial charge < -0.3 is 27.6 Å². The first-order chi connectivity index (χ1) is 16.1. The van der Waals surface area contributed by atoms with Crippen molar-refractivity contribution in [2.45, 2.75) is 0 Å². The number of nitrogens with two attached hydrogens (primary N) is 3. The predicted molar refractivity (Wildman–Crippen MR) is 140 cm³/mol. The first kappa shape index (κ1) is 26.4. The van der Waals surface area contributed by atoms with E-state index in [9.17, 15) is 19.5 Å². The van der Waals surface area contributed by atoms with Gasteiger partial charge in [-0.2, -0.15) is 0 Å². The Morgan fingerprint density at radius 2 is 1.41 bits per heavy atom. The number of phenolic OH excluding ortho intramolecular Hbond substituents is 1. The van der Waals surface area contributed by atoms with E-state index in [4.69, 9.17) is 17.2 Å². The van der Waals surface area contributed by atoms with E-state index in [1.807, 2.05) is 18.2 Å². The average molecular weight is 591 g/mol. The number of carbonyl (C=O) groups is 3. The molecule has 5 amide bonds. The van der Waals surface area contributed by atoms with Crippen LogP contribution in [0.15, 0.2) is 81.8 Å². The van der Waals surface area contributed by atoms with E-state index >= 15 is 0 Å². The van der Waals surface area contributed by atoms with Gasteiger partial charge in [0.1, 0.15) is 5.75 Å². The number of anilines is 3. The summed E-state index contributed by atoms with van der Waals surface area (Å²) in [5, 5.41) is 12.9. The van der Waals surface area contributed by atoms with Crippen molar-refractivity contribution in [2.75, 3.05) is 10.2 Å². The van der Waals surface area contributed by atoms with E-state index < -0.39 is 18.0 Å². The van der Waals surface area contributed by atoms with E-state index in [0.717, 1.165) is 10.5 Å². The molecular weight excluding hydrogens is 570 g/mol. The SMILES string of the molecule is NC(=O)C=Cc1cccc(N(C(N)=O)c2ccccc2Br)c1O.NC(=O)Nc1ccccc1Br. The molecule has 3 aromatic rings. The second-order valence-electron chi connectivity index (χ2n) is 6.54. The third-order valence-corrected chi connectivity index (χ3v) is 5.52. The normalized spacial score (nSPS) is 10.2. The van der Waals surface area contributed by atoms with Crippen molar-refractivity contribution in [1.82, 2.24) is 0 Å². The minimum Gasteiger partial charge on any atom is -0.505 e. The lowest BCUT2D eigenvalue weighted by Gasteiger charge is -2.23. The topological polar surface area (TPSA) is 165 Å². The fourth-order valence-corrected chi connectivity index (χ4v) is 3.58. The minimum absolute atomic E-state index is 0.191. The van der Waals surface area contributed by atoms with E-state index in [2.05, 4.69) is 37.2 Å². The summed E-state index contributed by atoms with van der Waals surface area (Å²) in [6, 6.07) is 17.6. The van der Waals surface area contributed by atoms with Crippen molar-refractivity contribution < 1.29 is 19.5 Å².